The Balaban J connectivity index is 2.22. The minimum atomic E-state index is -0.384. The lowest BCUT2D eigenvalue weighted by molar-refractivity contribution is -0.117. The Bertz CT molecular complexity index is 680. The summed E-state index contributed by atoms with van der Waals surface area (Å²) in [5, 5.41) is 0. The number of Topliss-reactive ketones (excluding diaryl/α,β-unsaturated/α-hetero) is 1. The Kier molecular flexibility index (Phi) is 3.43. The van der Waals surface area contributed by atoms with E-state index >= 15 is 0 Å². The summed E-state index contributed by atoms with van der Waals surface area (Å²) in [5.41, 5.74) is 2.38. The van der Waals surface area contributed by atoms with Crippen LogP contribution in [0.5, 0.6) is 0 Å². The van der Waals surface area contributed by atoms with Crippen LogP contribution in [0, 0.1) is 0 Å². The molecular weight excluding hydrogens is 280 g/mol. The van der Waals surface area contributed by atoms with Gasteiger partial charge in [-0.25, -0.2) is 0 Å². The minimum absolute atomic E-state index is 0.0494. The van der Waals surface area contributed by atoms with Crippen molar-refractivity contribution in [2.24, 2.45) is 0 Å². The molecule has 0 unspecified atom stereocenters. The van der Waals surface area contributed by atoms with Gasteiger partial charge in [0, 0.05) is 13.5 Å². The number of amides is 1. The molecule has 2 aliphatic rings. The van der Waals surface area contributed by atoms with Gasteiger partial charge in [0.2, 0.25) is 5.91 Å². The molecule has 1 amide bonds. The van der Waals surface area contributed by atoms with E-state index in [1.54, 1.807) is 11.8 Å². The number of ether oxygens (including phenoxy) is 1. The molecule has 3 rings (SSSR count). The highest BCUT2D eigenvalue weighted by molar-refractivity contribution is 6.03. The Morgan fingerprint density at radius 2 is 1.82 bits per heavy atom. The first-order valence-electron chi connectivity index (χ1n) is 7.51. The van der Waals surface area contributed by atoms with Crippen LogP contribution in [0.3, 0.4) is 0 Å². The molecule has 0 radical (unpaired) electrons. The molecule has 5 heteroatoms. The number of hydrogen-bond acceptors (Lipinski definition) is 4. The number of hydrogen-bond donors (Lipinski definition) is 0. The highest BCUT2D eigenvalue weighted by Crippen LogP contribution is 2.44. The first-order valence-corrected chi connectivity index (χ1v) is 7.51. The fourth-order valence-corrected chi connectivity index (χ4v) is 3.52. The van der Waals surface area contributed by atoms with Crippen LogP contribution in [-0.4, -0.2) is 30.5 Å². The SMILES string of the molecule is CCN1c2ccccc2N(C(C)=O)[C@@H]2C(C(C)=O)=C(C)O[C@H]21. The van der Waals surface area contributed by atoms with Gasteiger partial charge in [-0.3, -0.25) is 14.5 Å². The van der Waals surface area contributed by atoms with Crippen LogP contribution in [0.1, 0.15) is 27.7 Å². The standard InChI is InChI=1S/C17H20N2O3/c1-5-18-13-8-6-7-9-14(13)19(12(4)21)16-15(10(2)20)11(3)22-17(16)18/h6-9,16-17H,5H2,1-4H3/t16-,17-/m1/s1. The van der Waals surface area contributed by atoms with Gasteiger partial charge in [-0.05, 0) is 32.9 Å². The molecule has 2 heterocycles. The molecular formula is C17H20N2O3. The maximum atomic E-state index is 12.3. The van der Waals surface area contributed by atoms with Gasteiger partial charge in [-0.1, -0.05) is 12.1 Å². The first-order chi connectivity index (χ1) is 10.5. The van der Waals surface area contributed by atoms with E-state index in [-0.39, 0.29) is 24.0 Å². The number of nitrogens with zero attached hydrogens (tertiary/aromatic N) is 2. The van der Waals surface area contributed by atoms with Crippen molar-refractivity contribution in [3.05, 3.63) is 35.6 Å². The lowest BCUT2D eigenvalue weighted by Gasteiger charge is -2.45. The molecule has 0 fully saturated rings. The van der Waals surface area contributed by atoms with E-state index in [1.807, 2.05) is 31.2 Å². The smallest absolute Gasteiger partial charge is 0.224 e. The van der Waals surface area contributed by atoms with Crippen LogP contribution < -0.4 is 9.80 Å². The number of fused-ring (bicyclic) bond motifs is 2. The Morgan fingerprint density at radius 1 is 1.18 bits per heavy atom. The largest absolute Gasteiger partial charge is 0.472 e. The van der Waals surface area contributed by atoms with Gasteiger partial charge in [0.05, 0.1) is 16.9 Å². The number of likely N-dealkylation sites (N-methyl/N-ethyl adjacent to an activating group) is 1. The second-order valence-corrected chi connectivity index (χ2v) is 5.64. The number of benzene rings is 1. The Hall–Kier alpha value is -2.30. The minimum Gasteiger partial charge on any atom is -0.472 e. The summed E-state index contributed by atoms with van der Waals surface area (Å²) in [5.74, 6) is 0.474. The number of ketones is 1. The number of anilines is 2. The second-order valence-electron chi connectivity index (χ2n) is 5.64. The van der Waals surface area contributed by atoms with Crippen LogP contribution in [0.25, 0.3) is 0 Å². The van der Waals surface area contributed by atoms with Crippen molar-refractivity contribution < 1.29 is 14.3 Å². The average molecular weight is 300 g/mol. The molecule has 0 bridgehead atoms. The third-order valence-corrected chi connectivity index (χ3v) is 4.34. The average Bonchev–Trinajstić information content (AvgIpc) is 2.80. The van der Waals surface area contributed by atoms with Crippen molar-refractivity contribution in [3.63, 3.8) is 0 Å². The van der Waals surface area contributed by atoms with Crippen LogP contribution in [0.15, 0.2) is 35.6 Å². The summed E-state index contributed by atoms with van der Waals surface area (Å²) in [7, 11) is 0. The van der Waals surface area contributed by atoms with Gasteiger partial charge < -0.3 is 9.64 Å². The van der Waals surface area contributed by atoms with Crippen LogP contribution >= 0.6 is 0 Å². The zero-order valence-electron chi connectivity index (χ0n) is 13.3. The van der Waals surface area contributed by atoms with Gasteiger partial charge in [0.25, 0.3) is 0 Å². The molecule has 1 aromatic carbocycles. The zero-order valence-corrected chi connectivity index (χ0v) is 13.3. The third-order valence-electron chi connectivity index (χ3n) is 4.34. The van der Waals surface area contributed by atoms with Gasteiger partial charge in [-0.15, -0.1) is 0 Å². The summed E-state index contributed by atoms with van der Waals surface area (Å²) in [6, 6.07) is 7.37. The predicted molar refractivity (Wildman–Crippen MR) is 84.7 cm³/mol. The fourth-order valence-electron chi connectivity index (χ4n) is 3.52. The highest BCUT2D eigenvalue weighted by atomic mass is 16.5. The molecule has 0 spiro atoms. The van der Waals surface area contributed by atoms with Crippen molar-refractivity contribution in [1.29, 1.82) is 0 Å². The maximum Gasteiger partial charge on any atom is 0.224 e. The van der Waals surface area contributed by atoms with Crippen LogP contribution in [0.2, 0.25) is 0 Å². The lowest BCUT2D eigenvalue weighted by Crippen LogP contribution is -2.57. The molecule has 0 saturated carbocycles. The fraction of sp³-hybridized carbons (Fsp3) is 0.412. The van der Waals surface area contributed by atoms with E-state index in [2.05, 4.69) is 4.90 Å². The third kappa shape index (κ3) is 1.92. The van der Waals surface area contributed by atoms with Gasteiger partial charge in [-0.2, -0.15) is 0 Å². The van der Waals surface area contributed by atoms with Crippen LogP contribution in [0.4, 0.5) is 11.4 Å². The van der Waals surface area contributed by atoms with Crippen LogP contribution in [-0.2, 0) is 14.3 Å². The normalized spacial score (nSPS) is 23.1. The van der Waals surface area contributed by atoms with Crippen molar-refractivity contribution in [1.82, 2.24) is 0 Å². The van der Waals surface area contributed by atoms with Gasteiger partial charge in [0.1, 0.15) is 11.8 Å². The second kappa shape index (κ2) is 5.16. The number of rotatable bonds is 2. The number of allylic oxidation sites excluding steroid dienone is 1. The summed E-state index contributed by atoms with van der Waals surface area (Å²) in [6.07, 6.45) is -0.345. The first kappa shape index (κ1) is 14.6. The topological polar surface area (TPSA) is 49.9 Å². The molecule has 22 heavy (non-hydrogen) atoms. The van der Waals surface area contributed by atoms with Crippen molar-refractivity contribution in [2.45, 2.75) is 40.0 Å². The molecule has 1 aromatic rings. The quantitative estimate of drug-likeness (QED) is 0.842. The van der Waals surface area contributed by atoms with Crippen molar-refractivity contribution in [2.75, 3.05) is 16.3 Å². The molecule has 2 aliphatic heterocycles. The maximum absolute atomic E-state index is 12.3. The molecule has 0 N–H and O–H groups in total. The van der Waals surface area contributed by atoms with E-state index < -0.39 is 0 Å². The van der Waals surface area contributed by atoms with E-state index in [4.69, 9.17) is 4.74 Å². The predicted octanol–water partition coefficient (Wildman–Crippen LogP) is 2.47. The van der Waals surface area contributed by atoms with Crippen molar-refractivity contribution in [3.8, 4) is 0 Å². The van der Waals surface area contributed by atoms with Gasteiger partial charge >= 0.3 is 0 Å². The Morgan fingerprint density at radius 3 is 2.36 bits per heavy atom. The zero-order chi connectivity index (χ0) is 16.0. The molecule has 5 nitrogen and oxygen atoms in total. The summed E-state index contributed by atoms with van der Waals surface area (Å²) < 4.78 is 5.97. The lowest BCUT2D eigenvalue weighted by atomic mass is 9.96. The molecule has 0 aliphatic carbocycles. The molecule has 2 atom stereocenters. The molecule has 0 saturated heterocycles. The van der Waals surface area contributed by atoms with E-state index in [9.17, 15) is 9.59 Å². The number of carbonyl (C=O) groups is 2. The highest BCUT2D eigenvalue weighted by Gasteiger charge is 2.49. The molecule has 116 valence electrons. The van der Waals surface area contributed by atoms with E-state index in [0.29, 0.717) is 11.3 Å². The van der Waals surface area contributed by atoms with E-state index in [1.165, 1.54) is 13.8 Å². The van der Waals surface area contributed by atoms with Gasteiger partial charge in [0.15, 0.2) is 12.0 Å². The summed E-state index contributed by atoms with van der Waals surface area (Å²) in [4.78, 5) is 28.2. The molecule has 0 aromatic heterocycles. The number of para-hydroxylation sites is 2. The number of carbonyl (C=O) groups excluding carboxylic acids is 2. The monoisotopic (exact) mass is 300 g/mol. The summed E-state index contributed by atoms with van der Waals surface area (Å²) in [6.45, 7) is 7.64. The van der Waals surface area contributed by atoms with E-state index in [0.717, 1.165) is 17.9 Å². The summed E-state index contributed by atoms with van der Waals surface area (Å²) >= 11 is 0. The Labute approximate surface area is 130 Å². The van der Waals surface area contributed by atoms with Crippen molar-refractivity contribution >= 4 is 23.1 Å².